The van der Waals surface area contributed by atoms with E-state index in [2.05, 4.69) is 59.8 Å². The molecule has 0 radical (unpaired) electrons. The number of halogens is 1. The number of fused-ring (bicyclic) bond motifs is 1. The van der Waals surface area contributed by atoms with E-state index in [1.165, 1.54) is 27.7 Å². The summed E-state index contributed by atoms with van der Waals surface area (Å²) in [7, 11) is 1.71. The first-order chi connectivity index (χ1) is 10.4. The van der Waals surface area contributed by atoms with Gasteiger partial charge in [0.05, 0.1) is 7.11 Å². The summed E-state index contributed by atoms with van der Waals surface area (Å²) >= 11 is 3.81. The molecule has 0 amide bonds. The fraction of sp³-hybridized carbons (Fsp3) is 0.474. The summed E-state index contributed by atoms with van der Waals surface area (Å²) in [5, 5.41) is 0. The fourth-order valence-electron chi connectivity index (χ4n) is 3.73. The van der Waals surface area contributed by atoms with Crippen molar-refractivity contribution in [1.82, 2.24) is 4.90 Å². The largest absolute Gasteiger partial charge is 0.497 e. The Balaban J connectivity index is 1.88. The Morgan fingerprint density at radius 2 is 1.95 bits per heavy atom. The predicted molar refractivity (Wildman–Crippen MR) is 95.0 cm³/mol. The van der Waals surface area contributed by atoms with Gasteiger partial charge in [0, 0.05) is 29.2 Å². The maximum atomic E-state index is 5.25. The van der Waals surface area contributed by atoms with Crippen molar-refractivity contribution in [2.75, 3.05) is 13.7 Å². The van der Waals surface area contributed by atoms with Crippen molar-refractivity contribution < 1.29 is 4.74 Å². The number of methoxy groups -OCH3 is 1. The van der Waals surface area contributed by atoms with Gasteiger partial charge in [-0.15, -0.1) is 0 Å². The molecule has 0 N–H and O–H groups in total. The molecular formula is C19H24BrNO. The third kappa shape index (κ3) is 2.83. The summed E-state index contributed by atoms with van der Waals surface area (Å²) < 4.78 is 6.51. The summed E-state index contributed by atoms with van der Waals surface area (Å²) in [6.45, 7) is 9.09. The van der Waals surface area contributed by atoms with Gasteiger partial charge >= 0.3 is 0 Å². The molecule has 3 rings (SSSR count). The zero-order chi connectivity index (χ0) is 15.9. The lowest BCUT2D eigenvalue weighted by atomic mass is 9.75. The number of ether oxygens (including phenoxy) is 1. The first-order valence-corrected chi connectivity index (χ1v) is 8.65. The fourth-order valence-corrected chi connectivity index (χ4v) is 4.65. The van der Waals surface area contributed by atoms with Crippen LogP contribution in [-0.2, 0) is 6.54 Å². The summed E-state index contributed by atoms with van der Waals surface area (Å²) in [6.07, 6.45) is 3.46. The minimum Gasteiger partial charge on any atom is -0.497 e. The van der Waals surface area contributed by atoms with Crippen molar-refractivity contribution >= 4 is 15.9 Å². The first kappa shape index (κ1) is 15.7. The normalized spacial score (nSPS) is 23.4. The van der Waals surface area contributed by atoms with Gasteiger partial charge in [0.1, 0.15) is 5.75 Å². The highest BCUT2D eigenvalue weighted by molar-refractivity contribution is 9.11. The lowest BCUT2D eigenvalue weighted by molar-refractivity contribution is 0.268. The summed E-state index contributed by atoms with van der Waals surface area (Å²) in [5.41, 5.74) is 4.60. The second kappa shape index (κ2) is 5.77. The van der Waals surface area contributed by atoms with Gasteiger partial charge in [-0.25, -0.2) is 0 Å². The zero-order valence-corrected chi connectivity index (χ0v) is 15.4. The highest BCUT2D eigenvalue weighted by Crippen LogP contribution is 2.50. The Morgan fingerprint density at radius 3 is 2.59 bits per heavy atom. The molecular weight excluding hydrogens is 338 g/mol. The third-order valence-electron chi connectivity index (χ3n) is 4.89. The van der Waals surface area contributed by atoms with Gasteiger partial charge in [-0.3, -0.25) is 0 Å². The molecule has 1 aliphatic heterocycles. The minimum absolute atomic E-state index is 0.316. The molecule has 1 aliphatic carbocycles. The van der Waals surface area contributed by atoms with Gasteiger partial charge < -0.3 is 9.64 Å². The molecule has 118 valence electrons. The van der Waals surface area contributed by atoms with E-state index in [1.807, 2.05) is 12.1 Å². The Labute approximate surface area is 142 Å². The van der Waals surface area contributed by atoms with Crippen LogP contribution in [0.2, 0.25) is 0 Å². The van der Waals surface area contributed by atoms with Crippen molar-refractivity contribution in [3.05, 3.63) is 51.7 Å². The Bertz CT molecular complexity index is 627. The van der Waals surface area contributed by atoms with Crippen LogP contribution in [0.15, 0.2) is 46.1 Å². The standard InChI is InChI=1S/C19H24BrNO/c1-13-9-16-18(17(20)10-13)21(12-19(16,2)3)11-14-5-7-15(22-4)8-6-14/h5-8,10,16H,9,11-12H2,1-4H3. The molecule has 22 heavy (non-hydrogen) atoms. The van der Waals surface area contributed by atoms with Crippen LogP contribution in [0.3, 0.4) is 0 Å². The van der Waals surface area contributed by atoms with Gasteiger partial charge in [-0.05, 0) is 58.5 Å². The second-order valence-corrected chi connectivity index (χ2v) is 8.03. The number of nitrogens with zero attached hydrogens (tertiary/aromatic N) is 1. The Hall–Kier alpha value is -1.22. The molecule has 3 heteroatoms. The van der Waals surface area contributed by atoms with Crippen molar-refractivity contribution in [2.45, 2.75) is 33.7 Å². The lowest BCUT2D eigenvalue weighted by Crippen LogP contribution is -2.23. The van der Waals surface area contributed by atoms with E-state index in [1.54, 1.807) is 7.11 Å². The molecule has 2 nitrogen and oxygen atoms in total. The third-order valence-corrected chi connectivity index (χ3v) is 5.52. The molecule has 1 saturated heterocycles. The van der Waals surface area contributed by atoms with Crippen molar-refractivity contribution in [1.29, 1.82) is 0 Å². The van der Waals surface area contributed by atoms with Crippen LogP contribution in [-0.4, -0.2) is 18.6 Å². The van der Waals surface area contributed by atoms with E-state index in [0.717, 1.165) is 18.8 Å². The summed E-state index contributed by atoms with van der Waals surface area (Å²) in [5.74, 6) is 1.53. The quantitative estimate of drug-likeness (QED) is 0.741. The molecule has 1 heterocycles. The maximum Gasteiger partial charge on any atom is 0.118 e. The molecule has 1 aromatic rings. The zero-order valence-electron chi connectivity index (χ0n) is 13.8. The van der Waals surface area contributed by atoms with Crippen LogP contribution in [0.5, 0.6) is 5.75 Å². The predicted octanol–water partition coefficient (Wildman–Crippen LogP) is 5.11. The highest BCUT2D eigenvalue weighted by Gasteiger charge is 2.44. The van der Waals surface area contributed by atoms with Crippen LogP contribution < -0.4 is 4.74 Å². The molecule has 1 atom stereocenters. The average Bonchev–Trinajstić information content (AvgIpc) is 2.71. The molecule has 0 aromatic heterocycles. The van der Waals surface area contributed by atoms with Gasteiger partial charge in [0.2, 0.25) is 0 Å². The topological polar surface area (TPSA) is 12.5 Å². The van der Waals surface area contributed by atoms with E-state index >= 15 is 0 Å². The number of rotatable bonds is 3. The Morgan fingerprint density at radius 1 is 1.27 bits per heavy atom. The first-order valence-electron chi connectivity index (χ1n) is 7.85. The minimum atomic E-state index is 0.316. The van der Waals surface area contributed by atoms with Gasteiger partial charge in [0.15, 0.2) is 0 Å². The van der Waals surface area contributed by atoms with E-state index in [0.29, 0.717) is 11.3 Å². The van der Waals surface area contributed by atoms with E-state index in [9.17, 15) is 0 Å². The van der Waals surface area contributed by atoms with Crippen molar-refractivity contribution in [2.24, 2.45) is 11.3 Å². The molecule has 1 aromatic carbocycles. The number of hydrogen-bond acceptors (Lipinski definition) is 2. The number of benzene rings is 1. The molecule has 0 saturated carbocycles. The van der Waals surface area contributed by atoms with Gasteiger partial charge in [-0.1, -0.05) is 31.6 Å². The van der Waals surface area contributed by atoms with E-state index in [4.69, 9.17) is 4.74 Å². The molecule has 1 fully saturated rings. The van der Waals surface area contributed by atoms with Crippen LogP contribution >= 0.6 is 15.9 Å². The lowest BCUT2D eigenvalue weighted by Gasteiger charge is -2.29. The van der Waals surface area contributed by atoms with Gasteiger partial charge in [-0.2, -0.15) is 0 Å². The van der Waals surface area contributed by atoms with Crippen molar-refractivity contribution in [3.63, 3.8) is 0 Å². The van der Waals surface area contributed by atoms with Crippen LogP contribution in [0.4, 0.5) is 0 Å². The highest BCUT2D eigenvalue weighted by atomic mass is 79.9. The SMILES string of the molecule is COc1ccc(CN2CC(C)(C)C3CC(C)=CC(Br)=C32)cc1. The molecule has 0 spiro atoms. The van der Waals surface area contributed by atoms with Crippen LogP contribution in [0.25, 0.3) is 0 Å². The van der Waals surface area contributed by atoms with E-state index in [-0.39, 0.29) is 0 Å². The molecule has 2 aliphatic rings. The summed E-state index contributed by atoms with van der Waals surface area (Å²) in [6, 6.07) is 8.42. The second-order valence-electron chi connectivity index (χ2n) is 7.17. The maximum absolute atomic E-state index is 5.25. The number of hydrogen-bond donors (Lipinski definition) is 0. The van der Waals surface area contributed by atoms with Crippen LogP contribution in [0, 0.1) is 11.3 Å². The summed E-state index contributed by atoms with van der Waals surface area (Å²) in [4.78, 5) is 2.54. The molecule has 1 unspecified atom stereocenters. The van der Waals surface area contributed by atoms with Crippen LogP contribution in [0.1, 0.15) is 32.8 Å². The Kier molecular flexibility index (Phi) is 4.11. The number of allylic oxidation sites excluding steroid dienone is 4. The average molecular weight is 362 g/mol. The van der Waals surface area contributed by atoms with Gasteiger partial charge in [0.25, 0.3) is 0 Å². The number of likely N-dealkylation sites (tertiary alicyclic amines) is 1. The molecule has 0 bridgehead atoms. The monoisotopic (exact) mass is 361 g/mol. The van der Waals surface area contributed by atoms with Crippen molar-refractivity contribution in [3.8, 4) is 5.75 Å². The van der Waals surface area contributed by atoms with E-state index < -0.39 is 0 Å². The smallest absolute Gasteiger partial charge is 0.118 e.